The lowest BCUT2D eigenvalue weighted by molar-refractivity contribution is 0.466. The van der Waals surface area contributed by atoms with Crippen molar-refractivity contribution in [3.05, 3.63) is 34.4 Å². The second kappa shape index (κ2) is 6.32. The van der Waals surface area contributed by atoms with Gasteiger partial charge in [0.2, 0.25) is 0 Å². The Kier molecular flexibility index (Phi) is 4.97. The monoisotopic (exact) mass is 277 g/mol. The van der Waals surface area contributed by atoms with Crippen LogP contribution in [-0.4, -0.2) is 17.5 Å². The highest BCUT2D eigenvalue weighted by Gasteiger charge is 2.27. The van der Waals surface area contributed by atoms with Gasteiger partial charge in [0.15, 0.2) is 0 Å². The lowest BCUT2D eigenvalue weighted by Gasteiger charge is -2.26. The fraction of sp³-hybridized carbons (Fsp3) is 0.647. The van der Waals surface area contributed by atoms with Crippen LogP contribution in [0.1, 0.15) is 54.5 Å². The van der Waals surface area contributed by atoms with Gasteiger partial charge in [0.05, 0.1) is 0 Å². The summed E-state index contributed by atoms with van der Waals surface area (Å²) in [6.45, 7) is 8.96. The molecule has 0 aliphatic heterocycles. The Balaban J connectivity index is 2.11. The first-order valence-corrected chi connectivity index (χ1v) is 8.68. The first-order chi connectivity index (χ1) is 9.02. The van der Waals surface area contributed by atoms with Crippen LogP contribution >= 0.6 is 11.8 Å². The van der Waals surface area contributed by atoms with Gasteiger partial charge in [-0.1, -0.05) is 18.6 Å². The molecule has 19 heavy (non-hydrogen) atoms. The maximum atomic E-state index is 3.86. The third-order valence-corrected chi connectivity index (χ3v) is 5.74. The molecule has 3 atom stereocenters. The molecule has 0 heterocycles. The molecule has 3 unspecified atom stereocenters. The van der Waals surface area contributed by atoms with E-state index in [2.05, 4.69) is 51.4 Å². The molecule has 1 saturated carbocycles. The number of hydrogen-bond acceptors (Lipinski definition) is 2. The maximum Gasteiger partial charge on any atom is 0.0297 e. The van der Waals surface area contributed by atoms with E-state index in [1.807, 2.05) is 11.8 Å². The van der Waals surface area contributed by atoms with Gasteiger partial charge in [-0.15, -0.1) is 0 Å². The molecule has 0 spiro atoms. The summed E-state index contributed by atoms with van der Waals surface area (Å²) in [4.78, 5) is 0. The molecule has 1 aromatic rings. The lowest BCUT2D eigenvalue weighted by atomic mass is 9.96. The van der Waals surface area contributed by atoms with Gasteiger partial charge in [0, 0.05) is 17.3 Å². The van der Waals surface area contributed by atoms with E-state index in [0.29, 0.717) is 12.1 Å². The highest BCUT2D eigenvalue weighted by atomic mass is 32.2. The van der Waals surface area contributed by atoms with Crippen molar-refractivity contribution in [2.75, 3.05) is 6.26 Å². The molecule has 1 N–H and O–H groups in total. The van der Waals surface area contributed by atoms with Crippen LogP contribution in [0.3, 0.4) is 0 Å². The number of benzene rings is 1. The molecule has 2 heteroatoms. The van der Waals surface area contributed by atoms with Crippen molar-refractivity contribution in [2.24, 2.45) is 0 Å². The van der Waals surface area contributed by atoms with Crippen molar-refractivity contribution >= 4 is 11.8 Å². The Hall–Kier alpha value is -0.470. The van der Waals surface area contributed by atoms with Crippen LogP contribution in [0.2, 0.25) is 0 Å². The summed E-state index contributed by atoms with van der Waals surface area (Å²) in [5.74, 6) is 0. The smallest absolute Gasteiger partial charge is 0.0297 e. The second-order valence-corrected chi connectivity index (χ2v) is 7.07. The number of rotatable bonds is 4. The Morgan fingerprint density at radius 1 is 1.11 bits per heavy atom. The Morgan fingerprint density at radius 2 is 1.79 bits per heavy atom. The largest absolute Gasteiger partial charge is 0.306 e. The number of hydrogen-bond donors (Lipinski definition) is 1. The van der Waals surface area contributed by atoms with Gasteiger partial charge in [0.25, 0.3) is 0 Å². The highest BCUT2D eigenvalue weighted by Crippen LogP contribution is 2.31. The van der Waals surface area contributed by atoms with Gasteiger partial charge in [-0.2, -0.15) is 11.8 Å². The van der Waals surface area contributed by atoms with E-state index in [-0.39, 0.29) is 0 Å². The van der Waals surface area contributed by atoms with Gasteiger partial charge >= 0.3 is 0 Å². The Bertz CT molecular complexity index is 441. The molecule has 106 valence electrons. The van der Waals surface area contributed by atoms with E-state index in [9.17, 15) is 0 Å². The summed E-state index contributed by atoms with van der Waals surface area (Å²) in [5, 5.41) is 4.66. The Labute approximate surface area is 122 Å². The number of aryl methyl sites for hydroxylation is 3. The van der Waals surface area contributed by atoms with Crippen LogP contribution in [0.5, 0.6) is 0 Å². The van der Waals surface area contributed by atoms with Gasteiger partial charge in [-0.25, -0.2) is 0 Å². The zero-order valence-corrected chi connectivity index (χ0v) is 13.7. The molecule has 1 aliphatic carbocycles. The van der Waals surface area contributed by atoms with Crippen molar-refractivity contribution in [3.8, 4) is 0 Å². The quantitative estimate of drug-likeness (QED) is 0.866. The van der Waals surface area contributed by atoms with E-state index in [0.717, 1.165) is 5.25 Å². The molecular weight excluding hydrogens is 250 g/mol. The standard InChI is InChI=1S/C17H27NS/c1-11-9-13(3)15(10-12(11)2)14(4)18-16-7-6-8-17(16)19-5/h9-10,14,16-18H,6-8H2,1-5H3. The molecule has 1 nitrogen and oxygen atoms in total. The summed E-state index contributed by atoms with van der Waals surface area (Å²) >= 11 is 2.02. The van der Waals surface area contributed by atoms with Gasteiger partial charge < -0.3 is 5.32 Å². The second-order valence-electron chi connectivity index (χ2n) is 5.99. The third kappa shape index (κ3) is 3.35. The first kappa shape index (κ1) is 14.9. The van der Waals surface area contributed by atoms with Crippen LogP contribution in [0.4, 0.5) is 0 Å². The predicted molar refractivity (Wildman–Crippen MR) is 87.1 cm³/mol. The van der Waals surface area contributed by atoms with Crippen LogP contribution < -0.4 is 5.32 Å². The molecule has 1 aliphatic rings. The molecule has 0 amide bonds. The van der Waals surface area contributed by atoms with Crippen molar-refractivity contribution in [1.29, 1.82) is 0 Å². The molecule has 1 fully saturated rings. The molecule has 0 saturated heterocycles. The molecule has 0 aromatic heterocycles. The summed E-state index contributed by atoms with van der Waals surface area (Å²) < 4.78 is 0. The SMILES string of the molecule is CSC1CCCC1NC(C)c1cc(C)c(C)cc1C. The average molecular weight is 277 g/mol. The van der Waals surface area contributed by atoms with Gasteiger partial charge in [-0.3, -0.25) is 0 Å². The van der Waals surface area contributed by atoms with Crippen LogP contribution in [0, 0.1) is 20.8 Å². The van der Waals surface area contributed by atoms with Crippen LogP contribution in [0.15, 0.2) is 12.1 Å². The predicted octanol–water partition coefficient (Wildman–Crippen LogP) is 4.55. The molecule has 0 bridgehead atoms. The van der Waals surface area contributed by atoms with Crippen LogP contribution in [0.25, 0.3) is 0 Å². The third-order valence-electron chi connectivity index (χ3n) is 4.57. The van der Waals surface area contributed by atoms with E-state index < -0.39 is 0 Å². The van der Waals surface area contributed by atoms with Crippen molar-refractivity contribution < 1.29 is 0 Å². The van der Waals surface area contributed by atoms with Crippen molar-refractivity contribution in [2.45, 2.75) is 64.3 Å². The minimum atomic E-state index is 0.456. The van der Waals surface area contributed by atoms with E-state index in [1.165, 1.54) is 41.5 Å². The first-order valence-electron chi connectivity index (χ1n) is 7.39. The van der Waals surface area contributed by atoms with Crippen molar-refractivity contribution in [1.82, 2.24) is 5.32 Å². The summed E-state index contributed by atoms with van der Waals surface area (Å²) in [6, 6.07) is 5.83. The molecule has 1 aromatic carbocycles. The normalized spacial score (nSPS) is 24.7. The van der Waals surface area contributed by atoms with E-state index in [4.69, 9.17) is 0 Å². The van der Waals surface area contributed by atoms with Gasteiger partial charge in [-0.05, 0) is 69.0 Å². The van der Waals surface area contributed by atoms with Crippen LogP contribution in [-0.2, 0) is 0 Å². The lowest BCUT2D eigenvalue weighted by Crippen LogP contribution is -2.36. The molecule has 0 radical (unpaired) electrons. The highest BCUT2D eigenvalue weighted by molar-refractivity contribution is 7.99. The topological polar surface area (TPSA) is 12.0 Å². The fourth-order valence-corrected chi connectivity index (χ4v) is 4.20. The maximum absolute atomic E-state index is 3.86. The Morgan fingerprint density at radius 3 is 2.47 bits per heavy atom. The zero-order valence-electron chi connectivity index (χ0n) is 12.9. The van der Waals surface area contributed by atoms with E-state index in [1.54, 1.807) is 0 Å². The summed E-state index contributed by atoms with van der Waals surface area (Å²) in [6.07, 6.45) is 6.33. The van der Waals surface area contributed by atoms with E-state index >= 15 is 0 Å². The minimum absolute atomic E-state index is 0.456. The zero-order chi connectivity index (χ0) is 14.0. The minimum Gasteiger partial charge on any atom is -0.306 e. The van der Waals surface area contributed by atoms with Crippen molar-refractivity contribution in [3.63, 3.8) is 0 Å². The fourth-order valence-electron chi connectivity index (χ4n) is 3.26. The summed E-state index contributed by atoms with van der Waals surface area (Å²) in [5.41, 5.74) is 5.69. The average Bonchev–Trinajstić information content (AvgIpc) is 2.80. The molecule has 2 rings (SSSR count). The van der Waals surface area contributed by atoms with Gasteiger partial charge in [0.1, 0.15) is 0 Å². The summed E-state index contributed by atoms with van der Waals surface area (Å²) in [7, 11) is 0. The molecular formula is C17H27NS. The number of thioether (sulfide) groups is 1. The number of nitrogens with one attached hydrogen (secondary N) is 1.